The number of hydrogen-bond acceptors (Lipinski definition) is 3. The van der Waals surface area contributed by atoms with Crippen molar-refractivity contribution in [3.05, 3.63) is 29.3 Å². The van der Waals surface area contributed by atoms with Gasteiger partial charge in [0.05, 0.1) is 12.1 Å². The third-order valence-corrected chi connectivity index (χ3v) is 4.99. The van der Waals surface area contributed by atoms with Gasteiger partial charge >= 0.3 is 6.03 Å². The first-order valence-corrected chi connectivity index (χ1v) is 8.69. The fraction of sp³-hybridized carbons (Fsp3) is 0.611. The third kappa shape index (κ3) is 3.96. The molecule has 2 unspecified atom stereocenters. The predicted octanol–water partition coefficient (Wildman–Crippen LogP) is 2.17. The van der Waals surface area contributed by atoms with Crippen LogP contribution in [-0.2, 0) is 13.0 Å². The third-order valence-electron chi connectivity index (χ3n) is 4.99. The Morgan fingerprint density at radius 1 is 1.30 bits per heavy atom. The molecule has 2 atom stereocenters. The fourth-order valence-corrected chi connectivity index (χ4v) is 3.63. The molecule has 1 fully saturated rings. The largest absolute Gasteiger partial charge is 0.391 e. The SMILES string of the molecule is CN1CCCc2cc(CNC(=O)NC3CCCCC3O)ccc21. The number of benzene rings is 1. The molecule has 1 aliphatic heterocycles. The van der Waals surface area contributed by atoms with Crippen LogP contribution in [0.25, 0.3) is 0 Å². The molecule has 0 bridgehead atoms. The summed E-state index contributed by atoms with van der Waals surface area (Å²) in [6, 6.07) is 6.12. The number of anilines is 1. The Kier molecular flexibility index (Phi) is 5.06. The maximum absolute atomic E-state index is 12.0. The van der Waals surface area contributed by atoms with Crippen LogP contribution < -0.4 is 15.5 Å². The molecule has 23 heavy (non-hydrogen) atoms. The van der Waals surface area contributed by atoms with Crippen LogP contribution >= 0.6 is 0 Å². The highest BCUT2D eigenvalue weighted by molar-refractivity contribution is 5.74. The fourth-order valence-electron chi connectivity index (χ4n) is 3.63. The van der Waals surface area contributed by atoms with E-state index in [4.69, 9.17) is 0 Å². The van der Waals surface area contributed by atoms with Crippen LogP contribution in [0.2, 0.25) is 0 Å². The first-order valence-electron chi connectivity index (χ1n) is 8.69. The average molecular weight is 317 g/mol. The van der Waals surface area contributed by atoms with E-state index >= 15 is 0 Å². The number of rotatable bonds is 3. The lowest BCUT2D eigenvalue weighted by Gasteiger charge is -2.29. The van der Waals surface area contributed by atoms with Crippen molar-refractivity contribution in [2.24, 2.45) is 0 Å². The quantitative estimate of drug-likeness (QED) is 0.800. The van der Waals surface area contributed by atoms with E-state index < -0.39 is 6.10 Å². The highest BCUT2D eigenvalue weighted by atomic mass is 16.3. The van der Waals surface area contributed by atoms with Crippen LogP contribution in [0, 0.1) is 0 Å². The lowest BCUT2D eigenvalue weighted by atomic mass is 9.93. The van der Waals surface area contributed by atoms with Gasteiger partial charge in [-0.15, -0.1) is 0 Å². The van der Waals surface area contributed by atoms with Crippen LogP contribution in [0.4, 0.5) is 10.5 Å². The molecular weight excluding hydrogens is 290 g/mol. The molecule has 126 valence electrons. The van der Waals surface area contributed by atoms with Crippen molar-refractivity contribution in [3.63, 3.8) is 0 Å². The summed E-state index contributed by atoms with van der Waals surface area (Å²) in [6.45, 7) is 1.63. The monoisotopic (exact) mass is 317 g/mol. The lowest BCUT2D eigenvalue weighted by Crippen LogP contribution is -2.48. The Bertz CT molecular complexity index is 561. The molecule has 1 aromatic carbocycles. The van der Waals surface area contributed by atoms with Crippen molar-refractivity contribution in [2.75, 3.05) is 18.5 Å². The van der Waals surface area contributed by atoms with Gasteiger partial charge in [-0.05, 0) is 42.9 Å². The molecule has 1 saturated carbocycles. The van der Waals surface area contributed by atoms with E-state index in [1.807, 2.05) is 0 Å². The Morgan fingerprint density at radius 3 is 2.96 bits per heavy atom. The number of fused-ring (bicyclic) bond motifs is 1. The Morgan fingerprint density at radius 2 is 2.13 bits per heavy atom. The molecule has 0 saturated heterocycles. The Labute approximate surface area is 138 Å². The molecule has 1 aliphatic carbocycles. The molecular formula is C18H27N3O2. The number of aliphatic hydroxyl groups is 1. The van der Waals surface area contributed by atoms with Crippen molar-refractivity contribution in [1.29, 1.82) is 0 Å². The van der Waals surface area contributed by atoms with Crippen molar-refractivity contribution in [2.45, 2.75) is 57.2 Å². The van der Waals surface area contributed by atoms with E-state index in [9.17, 15) is 9.90 Å². The number of aliphatic hydroxyl groups excluding tert-OH is 1. The summed E-state index contributed by atoms with van der Waals surface area (Å²) in [7, 11) is 2.12. The van der Waals surface area contributed by atoms with E-state index in [-0.39, 0.29) is 12.1 Å². The number of carbonyl (C=O) groups excluding carboxylic acids is 1. The van der Waals surface area contributed by atoms with Gasteiger partial charge in [0.15, 0.2) is 0 Å². The van der Waals surface area contributed by atoms with Crippen LogP contribution in [0.1, 0.15) is 43.2 Å². The standard InChI is InChI=1S/C18H27N3O2/c1-21-10-4-5-14-11-13(8-9-16(14)21)12-19-18(23)20-15-6-2-3-7-17(15)22/h8-9,11,15,17,22H,2-7,10,12H2,1H3,(H2,19,20,23). The first-order chi connectivity index (χ1) is 11.1. The molecule has 3 N–H and O–H groups in total. The van der Waals surface area contributed by atoms with Crippen molar-refractivity contribution in [1.82, 2.24) is 10.6 Å². The average Bonchev–Trinajstić information content (AvgIpc) is 2.55. The van der Waals surface area contributed by atoms with Gasteiger partial charge in [0.1, 0.15) is 0 Å². The number of urea groups is 1. The highest BCUT2D eigenvalue weighted by Gasteiger charge is 2.24. The number of nitrogens with zero attached hydrogens (tertiary/aromatic N) is 1. The number of amides is 2. The summed E-state index contributed by atoms with van der Waals surface area (Å²) in [5.41, 5.74) is 3.79. The molecule has 3 rings (SSSR count). The minimum absolute atomic E-state index is 0.110. The maximum atomic E-state index is 12.0. The molecule has 2 aliphatic rings. The molecule has 1 heterocycles. The van der Waals surface area contributed by atoms with Crippen LogP contribution in [0.3, 0.4) is 0 Å². The van der Waals surface area contributed by atoms with Crippen molar-refractivity contribution < 1.29 is 9.90 Å². The molecule has 2 amide bonds. The number of hydrogen-bond donors (Lipinski definition) is 3. The van der Waals surface area contributed by atoms with Gasteiger partial charge in [-0.3, -0.25) is 0 Å². The minimum atomic E-state index is -0.409. The molecule has 0 spiro atoms. The maximum Gasteiger partial charge on any atom is 0.315 e. The van der Waals surface area contributed by atoms with Crippen LogP contribution in [0.5, 0.6) is 0 Å². The highest BCUT2D eigenvalue weighted by Crippen LogP contribution is 2.26. The van der Waals surface area contributed by atoms with Gasteiger partial charge in [0.25, 0.3) is 0 Å². The summed E-state index contributed by atoms with van der Waals surface area (Å²) >= 11 is 0. The van der Waals surface area contributed by atoms with Gasteiger partial charge in [-0.1, -0.05) is 25.0 Å². The van der Waals surface area contributed by atoms with E-state index in [2.05, 4.69) is 40.8 Å². The van der Waals surface area contributed by atoms with E-state index in [1.54, 1.807) is 0 Å². The van der Waals surface area contributed by atoms with E-state index in [0.29, 0.717) is 6.54 Å². The molecule has 0 aromatic heterocycles. The van der Waals surface area contributed by atoms with E-state index in [0.717, 1.165) is 44.2 Å². The number of nitrogens with one attached hydrogen (secondary N) is 2. The number of carbonyl (C=O) groups is 1. The Hall–Kier alpha value is -1.75. The normalized spacial score (nSPS) is 24.0. The van der Waals surface area contributed by atoms with Gasteiger partial charge in [-0.25, -0.2) is 4.79 Å². The first kappa shape index (κ1) is 16.1. The molecule has 1 aromatic rings. The van der Waals surface area contributed by atoms with Gasteiger partial charge in [-0.2, -0.15) is 0 Å². The summed E-state index contributed by atoms with van der Waals surface area (Å²) in [5.74, 6) is 0. The van der Waals surface area contributed by atoms with Gasteiger partial charge in [0, 0.05) is 25.8 Å². The zero-order valence-corrected chi connectivity index (χ0v) is 13.8. The van der Waals surface area contributed by atoms with Crippen LogP contribution in [-0.4, -0.2) is 36.9 Å². The molecule has 5 nitrogen and oxygen atoms in total. The smallest absolute Gasteiger partial charge is 0.315 e. The molecule has 5 heteroatoms. The second-order valence-electron chi connectivity index (χ2n) is 6.77. The number of aryl methyl sites for hydroxylation is 1. The van der Waals surface area contributed by atoms with Crippen molar-refractivity contribution >= 4 is 11.7 Å². The second kappa shape index (κ2) is 7.21. The Balaban J connectivity index is 1.53. The summed E-state index contributed by atoms with van der Waals surface area (Å²) < 4.78 is 0. The summed E-state index contributed by atoms with van der Waals surface area (Å²) in [5, 5.41) is 15.7. The summed E-state index contributed by atoms with van der Waals surface area (Å²) in [6.07, 6.45) is 5.64. The minimum Gasteiger partial charge on any atom is -0.391 e. The zero-order valence-electron chi connectivity index (χ0n) is 13.8. The zero-order chi connectivity index (χ0) is 16.2. The topological polar surface area (TPSA) is 64.6 Å². The molecule has 0 radical (unpaired) electrons. The predicted molar refractivity (Wildman–Crippen MR) is 91.7 cm³/mol. The summed E-state index contributed by atoms with van der Waals surface area (Å²) in [4.78, 5) is 14.3. The second-order valence-corrected chi connectivity index (χ2v) is 6.77. The van der Waals surface area contributed by atoms with Crippen LogP contribution in [0.15, 0.2) is 18.2 Å². The van der Waals surface area contributed by atoms with Crippen molar-refractivity contribution in [3.8, 4) is 0 Å². The van der Waals surface area contributed by atoms with E-state index in [1.165, 1.54) is 17.7 Å². The van der Waals surface area contributed by atoms with Gasteiger partial charge in [0.2, 0.25) is 0 Å². The lowest BCUT2D eigenvalue weighted by molar-refractivity contribution is 0.0943. The van der Waals surface area contributed by atoms with Gasteiger partial charge < -0.3 is 20.6 Å².